The topological polar surface area (TPSA) is 202 Å². The molecule has 0 spiro atoms. The quantitative estimate of drug-likeness (QED) is 0.0259. The lowest BCUT2D eigenvalue weighted by Crippen LogP contribution is -2.22. The molecule has 0 radical (unpaired) electrons. The lowest BCUT2D eigenvalue weighted by Gasteiger charge is -2.38. The van der Waals surface area contributed by atoms with Crippen molar-refractivity contribution in [2.24, 2.45) is 47.3 Å². The largest absolute Gasteiger partial charge is 0.507 e. The minimum Gasteiger partial charge on any atom is -0.507 e. The first kappa shape index (κ1) is 101. The van der Waals surface area contributed by atoms with E-state index in [-0.39, 0.29) is 152 Å². The number of phenols is 10. The highest BCUT2D eigenvalue weighted by Gasteiger charge is 2.44. The SMILES string of the molecule is C=C(C)C1CCC(C)=CC1c1c(O)c(C2C=C(C)CCC2C(=C)C)c(O)c(C2C=C(C)CCC2C(=C)C)c1O.C=C(C)C1CCC(C)=CC1c1c(O)cc(/C=C/c2ccc(C)cc2)c(C2C=C(C)CCC2C(=C)C)c1O.C=C(C)C1CCC(C)=CC1c1c(O)cc(/C=C/c2ccc(C)cc2)cc1O.C=C(C)C1CCC(C)=CC1c1c(O)cc(O)c(C2C=C(C)CCC2C(=C)C)c1O. The molecule has 16 unspecified atom stereocenters. The van der Waals surface area contributed by atoms with Crippen molar-refractivity contribution in [1.82, 2.24) is 0 Å². The van der Waals surface area contributed by atoms with Gasteiger partial charge in [-0.2, -0.15) is 0 Å². The highest BCUT2D eigenvalue weighted by Crippen LogP contribution is 2.62. The summed E-state index contributed by atoms with van der Waals surface area (Å²) < 4.78 is 0. The predicted molar refractivity (Wildman–Crippen MR) is 555 cm³/mol. The van der Waals surface area contributed by atoms with E-state index in [4.69, 9.17) is 0 Å². The van der Waals surface area contributed by atoms with Crippen LogP contribution in [-0.4, -0.2) is 51.1 Å². The van der Waals surface area contributed by atoms with E-state index in [0.29, 0.717) is 38.9 Å². The fourth-order valence-corrected chi connectivity index (χ4v) is 22.6. The standard InChI is InChI=1S/C36H48O3.C35H42O2.C26H34O3.C25H28O2/c1-19(2)25-13-10-22(7)16-28(25)31-34(37)32(29-17-23(8)11-14-26(29)20(3)4)36(39)33(35(31)38)30-18-24(9)12-15-27(30)21(5)6;1-21(2)28-16-10-24(6)18-30(28)33-27(15-14-26-12-8-23(5)9-13-26)20-32(36)34(35(33)37)31-19-25(7)11-17-29(31)22(3)4;1-14(2)18-9-7-16(5)11-20(18)24-22(27)13-23(28)25(26(24)29)21-12-17(6)8-10-19(21)15(3)4;1-16(2)21-12-7-18(4)13-22(21)25-23(26)14-20(15-24(25)27)11-10-19-8-5-17(3)6-9-19/h16-18,25-30,37-39H,1,3,5,10-15H2,2,4,6-9H3;8-9,12-15,18-20,28-31,36-37H,1,3,10-11,16-17H2,2,4-7H3;11-13,18-21,27-29H,1,3,7-10H2,2,4-6H3;5-6,8-11,13-15,21-22,26-27H,1,7,12H2,2-4H3/b;15-14+;;11-10+. The van der Waals surface area contributed by atoms with Gasteiger partial charge in [0.15, 0.2) is 0 Å². The highest BCUT2D eigenvalue weighted by molar-refractivity contribution is 5.77. The monoisotopic (exact) mass is 1780 g/mol. The van der Waals surface area contributed by atoms with Crippen LogP contribution in [0.15, 0.2) is 263 Å². The molecule has 16 atom stereocenters. The minimum atomic E-state index is -0.219. The van der Waals surface area contributed by atoms with E-state index < -0.39 is 0 Å². The molecule has 0 aromatic heterocycles. The number of allylic oxidation sites excluding steroid dienone is 24. The zero-order valence-electron chi connectivity index (χ0n) is 82.5. The second kappa shape index (κ2) is 43.6. The Bertz CT molecular complexity index is 5500. The van der Waals surface area contributed by atoms with Gasteiger partial charge in [-0.3, -0.25) is 0 Å². The van der Waals surface area contributed by atoms with Crippen LogP contribution >= 0.6 is 0 Å². The summed E-state index contributed by atoms with van der Waals surface area (Å²) >= 11 is 0. The Labute approximate surface area is 791 Å². The molecule has 8 aliphatic carbocycles. The summed E-state index contributed by atoms with van der Waals surface area (Å²) in [5, 5.41) is 114. The number of benzene rings is 6. The van der Waals surface area contributed by atoms with Gasteiger partial charge in [0.1, 0.15) is 57.5 Å². The van der Waals surface area contributed by atoms with E-state index in [2.05, 4.69) is 227 Å². The molecule has 8 aliphatic rings. The molecule has 6 aromatic carbocycles. The minimum absolute atomic E-state index is 0.000197. The maximum Gasteiger partial charge on any atom is 0.130 e. The summed E-state index contributed by atoms with van der Waals surface area (Å²) in [7, 11) is 0. The van der Waals surface area contributed by atoms with Gasteiger partial charge in [0, 0.05) is 97.9 Å². The van der Waals surface area contributed by atoms with Gasteiger partial charge in [0.05, 0.1) is 0 Å². The Morgan fingerprint density at radius 2 is 0.402 bits per heavy atom. The van der Waals surface area contributed by atoms with Crippen molar-refractivity contribution in [3.05, 3.63) is 341 Å². The van der Waals surface area contributed by atoms with Crippen molar-refractivity contribution >= 4 is 24.3 Å². The van der Waals surface area contributed by atoms with E-state index in [1.54, 1.807) is 12.1 Å². The average Bonchev–Trinajstić information content (AvgIpc) is 0.731. The fourth-order valence-electron chi connectivity index (χ4n) is 22.6. The summed E-state index contributed by atoms with van der Waals surface area (Å²) in [6.07, 6.45) is 41.1. The van der Waals surface area contributed by atoms with Gasteiger partial charge < -0.3 is 51.1 Å². The summed E-state index contributed by atoms with van der Waals surface area (Å²) in [6, 6.07) is 23.3. The number of hydrogen-bond acceptors (Lipinski definition) is 10. The number of phenolic OH excluding ortho intramolecular Hbond substituents is 10. The van der Waals surface area contributed by atoms with Crippen LogP contribution in [0.2, 0.25) is 0 Å². The maximum atomic E-state index is 12.1. The van der Waals surface area contributed by atoms with Crippen molar-refractivity contribution in [3.63, 3.8) is 0 Å². The van der Waals surface area contributed by atoms with Crippen molar-refractivity contribution in [2.75, 3.05) is 0 Å². The van der Waals surface area contributed by atoms with E-state index >= 15 is 0 Å². The molecule has 700 valence electrons. The Balaban J connectivity index is 0.000000172. The molecule has 0 saturated carbocycles. The molecule has 0 bridgehead atoms. The van der Waals surface area contributed by atoms with Gasteiger partial charge in [-0.15, -0.1) is 0 Å². The van der Waals surface area contributed by atoms with E-state index in [9.17, 15) is 51.1 Å². The van der Waals surface area contributed by atoms with Crippen LogP contribution in [0.3, 0.4) is 0 Å². The Kier molecular flexibility index (Phi) is 33.4. The first-order valence-electron chi connectivity index (χ1n) is 48.2. The van der Waals surface area contributed by atoms with Gasteiger partial charge in [-0.1, -0.05) is 274 Å². The molecule has 10 heteroatoms. The number of aromatic hydroxyl groups is 10. The molecule has 14 rings (SSSR count). The van der Waals surface area contributed by atoms with Crippen molar-refractivity contribution in [2.45, 2.75) is 275 Å². The van der Waals surface area contributed by atoms with Crippen molar-refractivity contribution < 1.29 is 51.1 Å². The maximum absolute atomic E-state index is 12.1. The van der Waals surface area contributed by atoms with Gasteiger partial charge in [0.25, 0.3) is 0 Å². The van der Waals surface area contributed by atoms with Gasteiger partial charge >= 0.3 is 0 Å². The summed E-state index contributed by atoms with van der Waals surface area (Å²) in [5.41, 5.74) is 29.6. The van der Waals surface area contributed by atoms with Crippen LogP contribution in [0.1, 0.15) is 339 Å². The summed E-state index contributed by atoms with van der Waals surface area (Å²) in [6.45, 7) is 71.2. The lowest BCUT2D eigenvalue weighted by molar-refractivity contribution is 0.360. The molecule has 0 heterocycles. The van der Waals surface area contributed by atoms with Gasteiger partial charge in [-0.25, -0.2) is 0 Å². The molecule has 132 heavy (non-hydrogen) atoms. The summed E-state index contributed by atoms with van der Waals surface area (Å²) in [5.74, 6) is 0.701. The third-order valence-corrected chi connectivity index (χ3v) is 30.2. The third kappa shape index (κ3) is 23.1. The molecule has 6 aromatic rings. The van der Waals surface area contributed by atoms with E-state index in [0.717, 1.165) is 175 Å². The van der Waals surface area contributed by atoms with Crippen LogP contribution in [0, 0.1) is 61.2 Å². The number of hydrogen-bond donors (Lipinski definition) is 10. The molecular formula is C122H152O10. The molecule has 10 N–H and O–H groups in total. The molecule has 10 nitrogen and oxygen atoms in total. The lowest BCUT2D eigenvalue weighted by atomic mass is 9.67. The molecular weight excluding hydrogens is 1630 g/mol. The van der Waals surface area contributed by atoms with Crippen LogP contribution in [0.25, 0.3) is 24.3 Å². The Morgan fingerprint density at radius 3 is 0.644 bits per heavy atom. The van der Waals surface area contributed by atoms with Gasteiger partial charge in [-0.05, 0) is 315 Å². The molecule has 0 amide bonds. The second-order valence-corrected chi connectivity index (χ2v) is 41.2. The van der Waals surface area contributed by atoms with Crippen molar-refractivity contribution in [3.8, 4) is 57.5 Å². The van der Waals surface area contributed by atoms with Gasteiger partial charge in [0.2, 0.25) is 0 Å². The number of aryl methyl sites for hydroxylation is 2. The predicted octanol–water partition coefficient (Wildman–Crippen LogP) is 32.9. The first-order valence-corrected chi connectivity index (χ1v) is 48.2. The molecule has 0 aliphatic heterocycles. The van der Waals surface area contributed by atoms with Crippen molar-refractivity contribution in [1.29, 1.82) is 0 Å². The average molecular weight is 1780 g/mol. The van der Waals surface area contributed by atoms with Crippen LogP contribution in [0.5, 0.6) is 57.5 Å². The smallest absolute Gasteiger partial charge is 0.130 e. The fraction of sp³-hybridized carbons (Fsp3) is 0.410. The highest BCUT2D eigenvalue weighted by atomic mass is 16.3. The third-order valence-electron chi connectivity index (χ3n) is 30.2. The zero-order valence-corrected chi connectivity index (χ0v) is 82.5. The van der Waals surface area contributed by atoms with E-state index in [1.807, 2.05) is 78.0 Å². The van der Waals surface area contributed by atoms with E-state index in [1.165, 1.54) is 61.8 Å². The molecule has 0 saturated heterocycles. The summed E-state index contributed by atoms with van der Waals surface area (Å²) in [4.78, 5) is 0. The normalized spacial score (nSPS) is 25.4. The van der Waals surface area contributed by atoms with Crippen LogP contribution in [0.4, 0.5) is 0 Å². The Morgan fingerprint density at radius 1 is 0.220 bits per heavy atom. The number of rotatable bonds is 20. The van der Waals surface area contributed by atoms with Crippen LogP contribution in [-0.2, 0) is 0 Å². The first-order chi connectivity index (χ1) is 62.3. The zero-order chi connectivity index (χ0) is 96.6. The van der Waals surface area contributed by atoms with Crippen LogP contribution < -0.4 is 0 Å². The second-order valence-electron chi connectivity index (χ2n) is 41.2. The molecule has 0 fully saturated rings. The Hall–Kier alpha value is -11.4.